The van der Waals surface area contributed by atoms with Crippen LogP contribution in [0.5, 0.6) is 0 Å². The Morgan fingerprint density at radius 1 is 1.05 bits per heavy atom. The van der Waals surface area contributed by atoms with Crippen LogP contribution in [0.4, 0.5) is 16.4 Å². The Kier molecular flexibility index (Phi) is 7.68. The molecule has 3 aromatic heterocycles. The second-order valence-electron chi connectivity index (χ2n) is 11.6. The number of benzene rings is 1. The van der Waals surface area contributed by atoms with Crippen LogP contribution in [0.15, 0.2) is 60.9 Å². The number of fused-ring (bicyclic) bond motifs is 1. The summed E-state index contributed by atoms with van der Waals surface area (Å²) in [7, 11) is 3.61. The molecule has 0 aliphatic carbocycles. The molecule has 42 heavy (non-hydrogen) atoms. The zero-order valence-electron chi connectivity index (χ0n) is 25.1. The topological polar surface area (TPSA) is 110 Å². The van der Waals surface area contributed by atoms with Crippen molar-refractivity contribution in [1.29, 1.82) is 0 Å². The number of hydrogen-bond donors (Lipinski definition) is 0. The number of pyridine rings is 2. The zero-order valence-corrected chi connectivity index (χ0v) is 25.1. The molecule has 0 saturated carbocycles. The second kappa shape index (κ2) is 11.2. The quantitative estimate of drug-likeness (QED) is 0.303. The predicted molar refractivity (Wildman–Crippen MR) is 161 cm³/mol. The fourth-order valence-electron chi connectivity index (χ4n) is 4.63. The van der Waals surface area contributed by atoms with Crippen molar-refractivity contribution in [2.45, 2.75) is 59.4 Å². The van der Waals surface area contributed by atoms with Crippen LogP contribution in [0.3, 0.4) is 0 Å². The van der Waals surface area contributed by atoms with Gasteiger partial charge in [-0.2, -0.15) is 0 Å². The van der Waals surface area contributed by atoms with Gasteiger partial charge in [-0.05, 0) is 65.0 Å². The first-order valence-corrected chi connectivity index (χ1v) is 13.9. The molecule has 1 aliphatic heterocycles. The van der Waals surface area contributed by atoms with Crippen LogP contribution in [0, 0.1) is 0 Å². The van der Waals surface area contributed by atoms with Crippen LogP contribution in [0.2, 0.25) is 0 Å². The van der Waals surface area contributed by atoms with Crippen LogP contribution in [0.25, 0.3) is 17.2 Å². The number of amides is 2. The highest BCUT2D eigenvalue weighted by Gasteiger charge is 2.34. The highest BCUT2D eigenvalue weighted by Crippen LogP contribution is 2.33. The number of carbonyl (C=O) groups is 2. The molecular weight excluding hydrogens is 532 g/mol. The molecule has 1 aliphatic rings. The van der Waals surface area contributed by atoms with Crippen molar-refractivity contribution >= 4 is 23.6 Å². The Bertz CT molecular complexity index is 1610. The Morgan fingerprint density at radius 3 is 2.48 bits per heavy atom. The van der Waals surface area contributed by atoms with Gasteiger partial charge >= 0.3 is 6.09 Å². The van der Waals surface area contributed by atoms with Crippen molar-refractivity contribution < 1.29 is 14.3 Å². The lowest BCUT2D eigenvalue weighted by Crippen LogP contribution is -2.34. The van der Waals surface area contributed by atoms with E-state index in [0.29, 0.717) is 34.4 Å². The number of para-hydroxylation sites is 1. The highest BCUT2D eigenvalue weighted by atomic mass is 16.6. The molecule has 0 spiro atoms. The van der Waals surface area contributed by atoms with Crippen molar-refractivity contribution in [3.05, 3.63) is 77.7 Å². The van der Waals surface area contributed by atoms with Gasteiger partial charge in [-0.3, -0.25) is 14.3 Å². The summed E-state index contributed by atoms with van der Waals surface area (Å²) in [6.07, 6.45) is 1.18. The monoisotopic (exact) mass is 568 g/mol. The number of aromatic nitrogens is 5. The van der Waals surface area contributed by atoms with E-state index in [0.717, 1.165) is 11.3 Å². The Morgan fingerprint density at radius 2 is 1.79 bits per heavy atom. The summed E-state index contributed by atoms with van der Waals surface area (Å²) < 4.78 is 7.41. The molecule has 4 aromatic rings. The summed E-state index contributed by atoms with van der Waals surface area (Å²) in [5.74, 6) is 1.53. The lowest BCUT2D eigenvalue weighted by Gasteiger charge is -2.26. The van der Waals surface area contributed by atoms with E-state index >= 15 is 0 Å². The van der Waals surface area contributed by atoms with Gasteiger partial charge in [0.2, 0.25) is 0 Å². The molecule has 2 amide bonds. The molecule has 11 heteroatoms. The molecular formula is C31H36N8O3. The summed E-state index contributed by atoms with van der Waals surface area (Å²) in [6, 6.07) is 17.2. The van der Waals surface area contributed by atoms with Crippen LogP contribution in [-0.2, 0) is 17.8 Å². The van der Waals surface area contributed by atoms with E-state index in [9.17, 15) is 9.59 Å². The molecule has 4 heterocycles. The summed E-state index contributed by atoms with van der Waals surface area (Å²) >= 11 is 0. The van der Waals surface area contributed by atoms with E-state index < -0.39 is 11.7 Å². The van der Waals surface area contributed by atoms with Gasteiger partial charge in [0.15, 0.2) is 5.82 Å². The lowest BCUT2D eigenvalue weighted by molar-refractivity contribution is 0.0282. The maximum atomic E-state index is 13.9. The molecule has 0 N–H and O–H groups in total. The fourth-order valence-corrected chi connectivity index (χ4v) is 4.63. The molecule has 0 unspecified atom stereocenters. The fraction of sp³-hybridized carbons (Fsp3) is 0.355. The Balaban J connectivity index is 1.50. The van der Waals surface area contributed by atoms with E-state index in [-0.39, 0.29) is 25.0 Å². The van der Waals surface area contributed by atoms with Crippen molar-refractivity contribution in [2.24, 2.45) is 0 Å². The van der Waals surface area contributed by atoms with E-state index in [1.807, 2.05) is 85.8 Å². The molecule has 0 bridgehead atoms. The van der Waals surface area contributed by atoms with E-state index in [4.69, 9.17) is 14.7 Å². The van der Waals surface area contributed by atoms with Crippen molar-refractivity contribution in [1.82, 2.24) is 29.6 Å². The number of ether oxygens (including phenoxy) is 1. The van der Waals surface area contributed by atoms with Crippen LogP contribution < -0.4 is 9.80 Å². The SMILES string of the molecule is CC(C)N(C)c1cc2c(c(CN(C)C(=O)OC(C)(C)C)n1)CN(c1cccc(-c3nncn3-c3ccccc3)n1)C2=O. The smallest absolute Gasteiger partial charge is 0.410 e. The number of hydrogen-bond acceptors (Lipinski definition) is 8. The first kappa shape index (κ1) is 28.7. The van der Waals surface area contributed by atoms with Gasteiger partial charge in [0, 0.05) is 31.4 Å². The zero-order chi connectivity index (χ0) is 30.2. The van der Waals surface area contributed by atoms with Gasteiger partial charge in [0.05, 0.1) is 24.3 Å². The van der Waals surface area contributed by atoms with Gasteiger partial charge in [-0.25, -0.2) is 14.8 Å². The third kappa shape index (κ3) is 5.81. The average Bonchev–Trinajstić information content (AvgIpc) is 3.57. The minimum absolute atomic E-state index is 0.153. The lowest BCUT2D eigenvalue weighted by atomic mass is 10.1. The molecule has 0 atom stereocenters. The summed E-state index contributed by atoms with van der Waals surface area (Å²) in [6.45, 7) is 10.0. The standard InChI is InChI=1S/C31H36N8O3/c1-20(2)37(7)27-16-22-23(25(34-27)18-36(6)30(41)42-31(3,4)5)17-38(29(22)40)26-15-11-14-24(33-26)28-35-32-19-39(28)21-12-9-8-10-13-21/h8-16,19-20H,17-18H2,1-7H3. The van der Waals surface area contributed by atoms with Crippen LogP contribution in [-0.4, -0.2) is 67.4 Å². The van der Waals surface area contributed by atoms with Gasteiger partial charge in [0.25, 0.3) is 5.91 Å². The van der Waals surface area contributed by atoms with Crippen molar-refractivity contribution in [2.75, 3.05) is 23.9 Å². The van der Waals surface area contributed by atoms with E-state index in [1.165, 1.54) is 4.90 Å². The van der Waals surface area contributed by atoms with Gasteiger partial charge < -0.3 is 14.5 Å². The third-order valence-corrected chi connectivity index (χ3v) is 7.04. The van der Waals surface area contributed by atoms with E-state index in [1.54, 1.807) is 24.3 Å². The molecule has 5 rings (SSSR count). The van der Waals surface area contributed by atoms with Gasteiger partial charge in [-0.15, -0.1) is 10.2 Å². The molecule has 1 aromatic carbocycles. The Labute approximate surface area is 245 Å². The Hall–Kier alpha value is -4.80. The first-order chi connectivity index (χ1) is 19.9. The minimum atomic E-state index is -0.630. The molecule has 0 radical (unpaired) electrons. The number of rotatable bonds is 7. The summed E-state index contributed by atoms with van der Waals surface area (Å²) in [5, 5.41) is 8.41. The first-order valence-electron chi connectivity index (χ1n) is 13.9. The number of anilines is 2. The van der Waals surface area contributed by atoms with Crippen LogP contribution in [0.1, 0.15) is 56.2 Å². The predicted octanol–water partition coefficient (Wildman–Crippen LogP) is 5.10. The van der Waals surface area contributed by atoms with Gasteiger partial charge in [-0.1, -0.05) is 24.3 Å². The van der Waals surface area contributed by atoms with Crippen molar-refractivity contribution in [3.8, 4) is 17.2 Å². The third-order valence-electron chi connectivity index (χ3n) is 7.04. The molecule has 218 valence electrons. The largest absolute Gasteiger partial charge is 0.444 e. The maximum absolute atomic E-state index is 13.9. The minimum Gasteiger partial charge on any atom is -0.444 e. The highest BCUT2D eigenvalue weighted by molar-refractivity contribution is 6.10. The summed E-state index contributed by atoms with van der Waals surface area (Å²) in [5.41, 5.74) is 2.80. The number of nitrogens with zero attached hydrogens (tertiary/aromatic N) is 8. The van der Waals surface area contributed by atoms with Crippen LogP contribution >= 0.6 is 0 Å². The molecule has 0 saturated heterocycles. The molecule has 0 fully saturated rings. The van der Waals surface area contributed by atoms with Gasteiger partial charge in [0.1, 0.15) is 29.3 Å². The second-order valence-corrected chi connectivity index (χ2v) is 11.6. The number of carbonyl (C=O) groups excluding carboxylic acids is 2. The van der Waals surface area contributed by atoms with Crippen molar-refractivity contribution in [3.63, 3.8) is 0 Å². The maximum Gasteiger partial charge on any atom is 0.410 e. The van der Waals surface area contributed by atoms with E-state index in [2.05, 4.69) is 24.0 Å². The summed E-state index contributed by atoms with van der Waals surface area (Å²) in [4.78, 5) is 41.5. The normalized spacial score (nSPS) is 13.0. The molecule has 11 nitrogen and oxygen atoms in total. The average molecular weight is 569 g/mol.